The molecule has 10 nitrogen and oxygen atoms in total. The molecule has 0 spiro atoms. The van der Waals surface area contributed by atoms with E-state index in [0.29, 0.717) is 36.3 Å². The topological polar surface area (TPSA) is 139 Å². The molecule has 4 N–H and O–H groups in total. The second-order valence-electron chi connectivity index (χ2n) is 8.24. The zero-order valence-electron chi connectivity index (χ0n) is 17.8. The minimum absolute atomic E-state index is 0.0491. The number of anilines is 1. The number of aromatic nitrogens is 5. The number of β-amino-alcohol motifs (C(OH)–C–C–N with tert-alkyl or cyclic N) is 1. The first kappa shape index (κ1) is 19.5. The smallest absolute Gasteiger partial charge is 0.271 e. The number of oxazole rings is 1. The Balaban J connectivity index is 1.60. The first-order valence-corrected chi connectivity index (χ1v) is 10.6. The number of aliphatic hydroxyl groups excluding tert-OH is 1. The number of aliphatic hydroxyl groups is 1. The summed E-state index contributed by atoms with van der Waals surface area (Å²) in [6.07, 6.45) is 5.47. The number of rotatable bonds is 4. The van der Waals surface area contributed by atoms with Gasteiger partial charge in [0, 0.05) is 60.1 Å². The summed E-state index contributed by atoms with van der Waals surface area (Å²) in [4.78, 5) is 26.4. The summed E-state index contributed by atoms with van der Waals surface area (Å²) in [6, 6.07) is 7.60. The standard InChI is InChI=1S/C23H21N7O3/c1-29-17-9-16(18(8-12(17)10-27-29)30-7-4-13(31)11-30)20-19(21(24)32)28-23(33-20)15-3-6-26-22-14(15)2-5-25-22/h2-3,5-6,8-10,13,31H,4,7,11H2,1H3,(H2,24,32)(H,25,26). The molecule has 1 aromatic carbocycles. The van der Waals surface area contributed by atoms with E-state index in [1.165, 1.54) is 0 Å². The third kappa shape index (κ3) is 3.06. The van der Waals surface area contributed by atoms with Crippen LogP contribution in [0.3, 0.4) is 0 Å². The molecule has 166 valence electrons. The summed E-state index contributed by atoms with van der Waals surface area (Å²) in [5.74, 6) is -0.113. The van der Waals surface area contributed by atoms with Crippen LogP contribution in [0, 0.1) is 0 Å². The maximum absolute atomic E-state index is 12.4. The van der Waals surface area contributed by atoms with Crippen molar-refractivity contribution >= 4 is 33.5 Å². The van der Waals surface area contributed by atoms with E-state index in [2.05, 4.69) is 25.0 Å². The van der Waals surface area contributed by atoms with E-state index >= 15 is 0 Å². The van der Waals surface area contributed by atoms with E-state index < -0.39 is 12.0 Å². The van der Waals surface area contributed by atoms with Crippen molar-refractivity contribution < 1.29 is 14.3 Å². The van der Waals surface area contributed by atoms with Gasteiger partial charge in [0.1, 0.15) is 5.65 Å². The molecule has 0 saturated carbocycles. The average Bonchev–Trinajstić information content (AvgIpc) is 3.59. The number of pyridine rings is 1. The minimum atomic E-state index is -0.683. The number of benzene rings is 1. The highest BCUT2D eigenvalue weighted by molar-refractivity contribution is 6.02. The lowest BCUT2D eigenvalue weighted by Gasteiger charge is -2.21. The lowest BCUT2D eigenvalue weighted by atomic mass is 10.0. The van der Waals surface area contributed by atoms with Gasteiger partial charge >= 0.3 is 0 Å². The number of carbonyl (C=O) groups is 1. The molecule has 10 heteroatoms. The number of hydrogen-bond acceptors (Lipinski definition) is 7. The molecule has 1 unspecified atom stereocenters. The summed E-state index contributed by atoms with van der Waals surface area (Å²) < 4.78 is 8.00. The number of nitrogens with one attached hydrogen (secondary N) is 1. The fourth-order valence-corrected chi connectivity index (χ4v) is 4.52. The number of amides is 1. The third-order valence-electron chi connectivity index (χ3n) is 6.16. The first-order chi connectivity index (χ1) is 16.0. The molecule has 5 heterocycles. The fraction of sp³-hybridized carbons (Fsp3) is 0.217. The summed E-state index contributed by atoms with van der Waals surface area (Å²) in [6.45, 7) is 1.17. The van der Waals surface area contributed by atoms with Crippen LogP contribution in [0.25, 0.3) is 44.7 Å². The monoisotopic (exact) mass is 443 g/mol. The molecule has 33 heavy (non-hydrogen) atoms. The van der Waals surface area contributed by atoms with E-state index in [-0.39, 0.29) is 17.3 Å². The van der Waals surface area contributed by atoms with Crippen molar-refractivity contribution in [2.24, 2.45) is 12.8 Å². The molecule has 6 rings (SSSR count). The Morgan fingerprint density at radius 3 is 2.97 bits per heavy atom. The van der Waals surface area contributed by atoms with Crippen LogP contribution in [0.15, 0.2) is 47.3 Å². The summed E-state index contributed by atoms with van der Waals surface area (Å²) in [7, 11) is 1.85. The third-order valence-corrected chi connectivity index (χ3v) is 6.16. The van der Waals surface area contributed by atoms with E-state index in [4.69, 9.17) is 10.2 Å². The predicted molar refractivity (Wildman–Crippen MR) is 123 cm³/mol. The Morgan fingerprint density at radius 2 is 2.18 bits per heavy atom. The van der Waals surface area contributed by atoms with Gasteiger partial charge in [0.05, 0.1) is 17.8 Å². The maximum Gasteiger partial charge on any atom is 0.271 e. The summed E-state index contributed by atoms with van der Waals surface area (Å²) >= 11 is 0. The van der Waals surface area contributed by atoms with Gasteiger partial charge in [-0.2, -0.15) is 5.10 Å². The molecule has 1 aliphatic heterocycles. The Hall–Kier alpha value is -4.18. The molecule has 1 aliphatic rings. The Bertz CT molecular complexity index is 1530. The second-order valence-corrected chi connectivity index (χ2v) is 8.24. The van der Waals surface area contributed by atoms with Crippen molar-refractivity contribution in [1.82, 2.24) is 24.7 Å². The Labute approximate surface area is 187 Å². The largest absolute Gasteiger partial charge is 0.435 e. The summed E-state index contributed by atoms with van der Waals surface area (Å²) in [5, 5.41) is 16.3. The van der Waals surface area contributed by atoms with Gasteiger partial charge in [-0.25, -0.2) is 9.97 Å². The van der Waals surface area contributed by atoms with Crippen molar-refractivity contribution in [2.45, 2.75) is 12.5 Å². The number of aromatic amines is 1. The normalized spacial score (nSPS) is 16.3. The van der Waals surface area contributed by atoms with Gasteiger partial charge in [-0.05, 0) is 30.7 Å². The zero-order chi connectivity index (χ0) is 22.7. The van der Waals surface area contributed by atoms with Gasteiger partial charge in [0.15, 0.2) is 11.5 Å². The van der Waals surface area contributed by atoms with Gasteiger partial charge in [-0.1, -0.05) is 0 Å². The maximum atomic E-state index is 12.4. The van der Waals surface area contributed by atoms with Crippen LogP contribution < -0.4 is 10.6 Å². The van der Waals surface area contributed by atoms with Gasteiger partial charge in [-0.15, -0.1) is 0 Å². The minimum Gasteiger partial charge on any atom is -0.435 e. The fourth-order valence-electron chi connectivity index (χ4n) is 4.52. The number of hydrogen-bond donors (Lipinski definition) is 3. The van der Waals surface area contributed by atoms with Gasteiger partial charge in [-0.3, -0.25) is 9.48 Å². The van der Waals surface area contributed by atoms with Crippen molar-refractivity contribution in [3.8, 4) is 22.8 Å². The molecule has 0 bridgehead atoms. The number of carbonyl (C=O) groups excluding carboxylic acids is 1. The molecular weight excluding hydrogens is 422 g/mol. The quantitative estimate of drug-likeness (QED) is 0.388. The number of fused-ring (bicyclic) bond motifs is 2. The van der Waals surface area contributed by atoms with Gasteiger partial charge in [0.2, 0.25) is 5.89 Å². The Kier molecular flexibility index (Phi) is 4.24. The molecule has 0 aliphatic carbocycles. The highest BCUT2D eigenvalue weighted by atomic mass is 16.4. The lowest BCUT2D eigenvalue weighted by Crippen LogP contribution is -2.22. The van der Waals surface area contributed by atoms with Crippen molar-refractivity contribution in [1.29, 1.82) is 0 Å². The molecule has 0 radical (unpaired) electrons. The van der Waals surface area contributed by atoms with Gasteiger partial charge in [0.25, 0.3) is 5.91 Å². The van der Waals surface area contributed by atoms with Crippen LogP contribution in [-0.4, -0.2) is 54.9 Å². The van der Waals surface area contributed by atoms with Crippen LogP contribution >= 0.6 is 0 Å². The highest BCUT2D eigenvalue weighted by Crippen LogP contribution is 2.40. The zero-order valence-corrected chi connectivity index (χ0v) is 17.8. The van der Waals surface area contributed by atoms with Crippen LogP contribution in [-0.2, 0) is 7.05 Å². The number of primary amides is 1. The molecule has 1 saturated heterocycles. The molecule has 5 aromatic rings. The second kappa shape index (κ2) is 7.17. The number of nitrogens with zero attached hydrogens (tertiary/aromatic N) is 5. The Morgan fingerprint density at radius 1 is 1.30 bits per heavy atom. The molecule has 1 amide bonds. The lowest BCUT2D eigenvalue weighted by molar-refractivity contribution is 0.0996. The summed E-state index contributed by atoms with van der Waals surface area (Å²) in [5.41, 5.74) is 9.56. The number of H-pyrrole nitrogens is 1. The molecular formula is C23H21N7O3. The van der Waals surface area contributed by atoms with Crippen LogP contribution in [0.4, 0.5) is 5.69 Å². The molecule has 1 atom stereocenters. The van der Waals surface area contributed by atoms with E-state index in [1.807, 2.05) is 25.2 Å². The van der Waals surface area contributed by atoms with Crippen molar-refractivity contribution in [2.75, 3.05) is 18.0 Å². The van der Waals surface area contributed by atoms with Crippen LogP contribution in [0.5, 0.6) is 0 Å². The van der Waals surface area contributed by atoms with Crippen LogP contribution in [0.2, 0.25) is 0 Å². The average molecular weight is 443 g/mol. The molecule has 1 fully saturated rings. The number of nitrogens with two attached hydrogens (primary N) is 1. The van der Waals surface area contributed by atoms with Crippen molar-refractivity contribution in [3.05, 3.63) is 48.5 Å². The predicted octanol–water partition coefficient (Wildman–Crippen LogP) is 2.44. The first-order valence-electron chi connectivity index (χ1n) is 10.6. The highest BCUT2D eigenvalue weighted by Gasteiger charge is 2.29. The van der Waals surface area contributed by atoms with E-state index in [0.717, 1.165) is 22.0 Å². The van der Waals surface area contributed by atoms with E-state index in [9.17, 15) is 9.90 Å². The molecule has 4 aromatic heterocycles. The SMILES string of the molecule is Cn1ncc2cc(N3CCC(O)C3)c(-c3oc(-c4ccnc5[nH]ccc45)nc3C(N)=O)cc21. The van der Waals surface area contributed by atoms with Crippen molar-refractivity contribution in [3.63, 3.8) is 0 Å². The number of aryl methyl sites for hydroxylation is 1. The van der Waals surface area contributed by atoms with E-state index in [1.54, 1.807) is 29.3 Å². The van der Waals surface area contributed by atoms with Gasteiger partial charge < -0.3 is 25.1 Å². The van der Waals surface area contributed by atoms with Crippen LogP contribution in [0.1, 0.15) is 16.9 Å².